The number of nitrogens with zero attached hydrogens (tertiary/aromatic N) is 1. The second kappa shape index (κ2) is 7.48. The average Bonchev–Trinajstić information content (AvgIpc) is 2.45. The number of amides is 2. The highest BCUT2D eigenvalue weighted by atomic mass is 19.2. The molecule has 1 aromatic carbocycles. The lowest BCUT2D eigenvalue weighted by Gasteiger charge is -2.26. The van der Waals surface area contributed by atoms with Gasteiger partial charge in [0, 0.05) is 20.0 Å². The molecule has 6 nitrogen and oxygen atoms in total. The topological polar surface area (TPSA) is 86.7 Å². The zero-order chi connectivity index (χ0) is 16.9. The maximum atomic E-state index is 13.7. The molecule has 0 heterocycles. The largest absolute Gasteiger partial charge is 0.480 e. The lowest BCUT2D eigenvalue weighted by atomic mass is 10.1. The van der Waals surface area contributed by atoms with E-state index in [1.165, 1.54) is 13.8 Å². The van der Waals surface area contributed by atoms with Gasteiger partial charge < -0.3 is 15.3 Å². The molecule has 0 saturated heterocycles. The van der Waals surface area contributed by atoms with E-state index >= 15 is 0 Å². The lowest BCUT2D eigenvalue weighted by molar-refractivity contribution is -0.141. The molecule has 1 atom stereocenters. The van der Waals surface area contributed by atoms with Gasteiger partial charge in [-0.1, -0.05) is 6.07 Å². The van der Waals surface area contributed by atoms with Gasteiger partial charge >= 0.3 is 5.97 Å². The minimum Gasteiger partial charge on any atom is -0.480 e. The summed E-state index contributed by atoms with van der Waals surface area (Å²) in [5.41, 5.74) is -0.559. The predicted molar refractivity (Wildman–Crippen MR) is 73.2 cm³/mol. The van der Waals surface area contributed by atoms with Gasteiger partial charge in [0.15, 0.2) is 11.6 Å². The van der Waals surface area contributed by atoms with Gasteiger partial charge in [-0.15, -0.1) is 0 Å². The van der Waals surface area contributed by atoms with E-state index in [0.29, 0.717) is 0 Å². The summed E-state index contributed by atoms with van der Waals surface area (Å²) in [5.74, 6) is -5.15. The zero-order valence-corrected chi connectivity index (χ0v) is 12.1. The number of carbonyl (C=O) groups is 3. The molecule has 0 bridgehead atoms. The molecule has 1 aromatic rings. The number of benzene rings is 1. The molecule has 0 aliphatic rings. The Kier molecular flexibility index (Phi) is 5.97. The van der Waals surface area contributed by atoms with Gasteiger partial charge in [0.2, 0.25) is 5.91 Å². The van der Waals surface area contributed by atoms with Crippen molar-refractivity contribution in [3.05, 3.63) is 35.4 Å². The summed E-state index contributed by atoms with van der Waals surface area (Å²) in [4.78, 5) is 35.0. The van der Waals surface area contributed by atoms with Crippen LogP contribution in [0.15, 0.2) is 18.2 Å². The van der Waals surface area contributed by atoms with E-state index in [4.69, 9.17) is 5.11 Å². The second-order valence-corrected chi connectivity index (χ2v) is 4.60. The van der Waals surface area contributed by atoms with Gasteiger partial charge in [-0.2, -0.15) is 0 Å². The second-order valence-electron chi connectivity index (χ2n) is 4.60. The van der Waals surface area contributed by atoms with Crippen LogP contribution in [0, 0.1) is 11.6 Å². The minimum atomic E-state index is -1.34. The molecule has 1 rings (SSSR count). The van der Waals surface area contributed by atoms with Crippen LogP contribution in [0.1, 0.15) is 24.2 Å². The summed E-state index contributed by atoms with van der Waals surface area (Å²) in [7, 11) is 0. The fourth-order valence-corrected chi connectivity index (χ4v) is 1.78. The molecule has 0 spiro atoms. The fraction of sp³-hybridized carbons (Fsp3) is 0.357. The Morgan fingerprint density at radius 3 is 2.50 bits per heavy atom. The number of halogens is 2. The summed E-state index contributed by atoms with van der Waals surface area (Å²) in [6.45, 7) is 2.35. The lowest BCUT2D eigenvalue weighted by Crippen LogP contribution is -2.47. The molecule has 8 heteroatoms. The van der Waals surface area contributed by atoms with Crippen LogP contribution in [-0.4, -0.2) is 46.9 Å². The Morgan fingerprint density at radius 1 is 1.32 bits per heavy atom. The van der Waals surface area contributed by atoms with Crippen LogP contribution < -0.4 is 5.32 Å². The fourth-order valence-electron chi connectivity index (χ4n) is 1.78. The number of carboxylic acids is 1. The highest BCUT2D eigenvalue weighted by molar-refractivity contribution is 5.96. The highest BCUT2D eigenvalue weighted by Crippen LogP contribution is 2.15. The molecule has 0 saturated carbocycles. The first-order chi connectivity index (χ1) is 10.3. The van der Waals surface area contributed by atoms with Crippen molar-refractivity contribution in [2.24, 2.45) is 0 Å². The Morgan fingerprint density at radius 2 is 1.95 bits per heavy atom. The van der Waals surface area contributed by atoms with Gasteiger partial charge in [-0.3, -0.25) is 9.59 Å². The van der Waals surface area contributed by atoms with Crippen LogP contribution >= 0.6 is 0 Å². The molecule has 2 amide bonds. The van der Waals surface area contributed by atoms with Crippen molar-refractivity contribution < 1.29 is 28.3 Å². The van der Waals surface area contributed by atoms with Crippen molar-refractivity contribution >= 4 is 17.8 Å². The number of hydrogen-bond acceptors (Lipinski definition) is 3. The average molecular weight is 314 g/mol. The first-order valence-corrected chi connectivity index (χ1v) is 6.48. The Labute approximate surface area is 125 Å². The van der Waals surface area contributed by atoms with Crippen LogP contribution in [0.4, 0.5) is 8.78 Å². The molecule has 22 heavy (non-hydrogen) atoms. The van der Waals surface area contributed by atoms with E-state index < -0.39 is 35.1 Å². The minimum absolute atomic E-state index is 0.00434. The number of nitrogens with one attached hydrogen (secondary N) is 1. The number of carboxylic acid groups (broad SMARTS) is 1. The van der Waals surface area contributed by atoms with Gasteiger partial charge in [-0.25, -0.2) is 13.6 Å². The van der Waals surface area contributed by atoms with Gasteiger partial charge in [0.25, 0.3) is 5.91 Å². The summed E-state index contributed by atoms with van der Waals surface area (Å²) >= 11 is 0. The van der Waals surface area contributed by atoms with E-state index in [0.717, 1.165) is 23.1 Å². The summed E-state index contributed by atoms with van der Waals surface area (Å²) in [6, 6.07) is 1.82. The van der Waals surface area contributed by atoms with Crippen molar-refractivity contribution in [1.29, 1.82) is 0 Å². The number of carbonyl (C=O) groups excluding carboxylic acids is 2. The molecule has 0 aromatic heterocycles. The third kappa shape index (κ3) is 4.24. The molecule has 0 fully saturated rings. The molecular weight excluding hydrogens is 298 g/mol. The Bertz CT molecular complexity index is 592. The van der Waals surface area contributed by atoms with Crippen molar-refractivity contribution in [2.45, 2.75) is 19.9 Å². The predicted octanol–water partition coefficient (Wildman–Crippen LogP) is 1.02. The number of rotatable bonds is 6. The molecule has 0 aliphatic carbocycles. The standard InChI is InChI=1S/C14H16F2N2O4/c1-8(14(21)22)18(7-6-17-9(2)19)13(20)10-4-3-5-11(15)12(10)16/h3-5,8H,6-7H2,1-2H3,(H,17,19)(H,21,22). The molecule has 0 radical (unpaired) electrons. The van der Waals surface area contributed by atoms with E-state index in [-0.39, 0.29) is 19.0 Å². The SMILES string of the molecule is CC(=O)NCCN(C(=O)c1cccc(F)c1F)C(C)C(=O)O. The van der Waals surface area contributed by atoms with Gasteiger partial charge in [0.05, 0.1) is 5.56 Å². The molecule has 1 unspecified atom stereocenters. The summed E-state index contributed by atoms with van der Waals surface area (Å²) < 4.78 is 26.9. The van der Waals surface area contributed by atoms with Crippen molar-refractivity contribution in [2.75, 3.05) is 13.1 Å². The maximum absolute atomic E-state index is 13.7. The molecular formula is C14H16F2N2O4. The van der Waals surface area contributed by atoms with Crippen LogP contribution in [0.5, 0.6) is 0 Å². The first kappa shape index (κ1) is 17.5. The van der Waals surface area contributed by atoms with E-state index in [1.807, 2.05) is 0 Å². The monoisotopic (exact) mass is 314 g/mol. The number of hydrogen-bond donors (Lipinski definition) is 2. The molecule has 2 N–H and O–H groups in total. The van der Waals surface area contributed by atoms with Gasteiger partial charge in [-0.05, 0) is 19.1 Å². The first-order valence-electron chi connectivity index (χ1n) is 6.48. The normalized spacial score (nSPS) is 11.6. The van der Waals surface area contributed by atoms with E-state index in [9.17, 15) is 23.2 Å². The van der Waals surface area contributed by atoms with Crippen molar-refractivity contribution in [3.8, 4) is 0 Å². The zero-order valence-electron chi connectivity index (χ0n) is 12.1. The van der Waals surface area contributed by atoms with Crippen LogP contribution in [0.25, 0.3) is 0 Å². The Balaban J connectivity index is 3.03. The summed E-state index contributed by atoms with van der Waals surface area (Å²) in [5, 5.41) is 11.4. The third-order valence-electron chi connectivity index (χ3n) is 2.99. The maximum Gasteiger partial charge on any atom is 0.326 e. The van der Waals surface area contributed by atoms with Gasteiger partial charge in [0.1, 0.15) is 6.04 Å². The van der Waals surface area contributed by atoms with Crippen LogP contribution in [0.3, 0.4) is 0 Å². The van der Waals surface area contributed by atoms with Crippen molar-refractivity contribution in [3.63, 3.8) is 0 Å². The number of aliphatic carboxylic acids is 1. The highest BCUT2D eigenvalue weighted by Gasteiger charge is 2.28. The smallest absolute Gasteiger partial charge is 0.326 e. The molecule has 120 valence electrons. The Hall–Kier alpha value is -2.51. The van der Waals surface area contributed by atoms with E-state index in [1.54, 1.807) is 0 Å². The summed E-state index contributed by atoms with van der Waals surface area (Å²) in [6.07, 6.45) is 0. The third-order valence-corrected chi connectivity index (χ3v) is 2.99. The van der Waals surface area contributed by atoms with Crippen molar-refractivity contribution in [1.82, 2.24) is 10.2 Å². The van der Waals surface area contributed by atoms with Crippen LogP contribution in [0.2, 0.25) is 0 Å². The molecule has 0 aliphatic heterocycles. The van der Waals surface area contributed by atoms with E-state index in [2.05, 4.69) is 5.32 Å². The quantitative estimate of drug-likeness (QED) is 0.820. The van der Waals surface area contributed by atoms with Crippen LogP contribution in [-0.2, 0) is 9.59 Å².